The lowest BCUT2D eigenvalue weighted by molar-refractivity contribution is -0.137. The van der Waals surface area contributed by atoms with E-state index in [4.69, 9.17) is 11.5 Å². The van der Waals surface area contributed by atoms with Crippen molar-refractivity contribution in [2.45, 2.75) is 59.0 Å². The van der Waals surface area contributed by atoms with Crippen LogP contribution in [0.5, 0.6) is 0 Å². The molecule has 5 heteroatoms. The van der Waals surface area contributed by atoms with Gasteiger partial charge in [0.05, 0.1) is 6.42 Å². The smallest absolute Gasteiger partial charge is 0.315 e. The van der Waals surface area contributed by atoms with Crippen LogP contribution < -0.4 is 10.6 Å². The van der Waals surface area contributed by atoms with Crippen molar-refractivity contribution >= 4 is 12.0 Å². The fraction of sp³-hybridized carbons (Fsp3) is 0.714. The molecule has 2 atom stereocenters. The van der Waals surface area contributed by atoms with Crippen molar-refractivity contribution in [1.29, 1.82) is 0 Å². The zero-order chi connectivity index (χ0) is 15.1. The number of terminal acetylenes is 1. The molecule has 0 aromatic heterocycles. The van der Waals surface area contributed by atoms with Gasteiger partial charge in [0, 0.05) is 18.5 Å². The Morgan fingerprint density at radius 2 is 1.89 bits per heavy atom. The lowest BCUT2D eigenvalue weighted by atomic mass is 9.87. The number of amides is 2. The molecule has 0 heterocycles. The maximum atomic E-state index is 11.7. The van der Waals surface area contributed by atoms with Crippen LogP contribution in [-0.2, 0) is 4.79 Å². The second-order valence-corrected chi connectivity index (χ2v) is 5.99. The van der Waals surface area contributed by atoms with Gasteiger partial charge < -0.3 is 15.7 Å². The lowest BCUT2D eigenvalue weighted by Gasteiger charge is -2.26. The molecule has 3 N–H and O–H groups in total. The quantitative estimate of drug-likeness (QED) is 0.644. The van der Waals surface area contributed by atoms with E-state index in [0.29, 0.717) is 12.8 Å². The summed E-state index contributed by atoms with van der Waals surface area (Å²) < 4.78 is 0. The van der Waals surface area contributed by atoms with Gasteiger partial charge in [-0.2, -0.15) is 0 Å². The molecule has 108 valence electrons. The fourth-order valence-corrected chi connectivity index (χ4v) is 1.80. The van der Waals surface area contributed by atoms with Crippen LogP contribution in [0.3, 0.4) is 0 Å². The van der Waals surface area contributed by atoms with Gasteiger partial charge >= 0.3 is 12.0 Å². The summed E-state index contributed by atoms with van der Waals surface area (Å²) in [5, 5.41) is 14.2. The summed E-state index contributed by atoms with van der Waals surface area (Å²) in [5.74, 6) is 1.54. The van der Waals surface area contributed by atoms with Gasteiger partial charge in [0.1, 0.15) is 0 Å². The van der Waals surface area contributed by atoms with E-state index in [1.54, 1.807) is 6.92 Å². The fourth-order valence-electron chi connectivity index (χ4n) is 1.80. The van der Waals surface area contributed by atoms with Crippen LogP contribution in [0.1, 0.15) is 47.0 Å². The maximum Gasteiger partial charge on any atom is 0.315 e. The normalized spacial score (nSPS) is 14.1. The molecule has 0 bridgehead atoms. The standard InChI is InChI=1S/C14H24N2O3/c1-6-7-10(2)15-13(19)16-11(8-12(17)18)9-14(3,4)5/h1,10-11H,7-9H2,2-5H3,(H,17,18)(H2,15,16,19). The molecule has 0 fully saturated rings. The van der Waals surface area contributed by atoms with Crippen molar-refractivity contribution in [3.05, 3.63) is 0 Å². The molecule has 5 nitrogen and oxygen atoms in total. The molecule has 0 aliphatic carbocycles. The average molecular weight is 268 g/mol. The molecule has 0 saturated carbocycles. The van der Waals surface area contributed by atoms with Crippen molar-refractivity contribution in [2.24, 2.45) is 5.41 Å². The monoisotopic (exact) mass is 268 g/mol. The Labute approximate surface area is 115 Å². The lowest BCUT2D eigenvalue weighted by Crippen LogP contribution is -2.47. The third-order valence-corrected chi connectivity index (χ3v) is 2.42. The van der Waals surface area contributed by atoms with E-state index in [1.807, 2.05) is 20.8 Å². The van der Waals surface area contributed by atoms with Crippen LogP contribution >= 0.6 is 0 Å². The molecule has 0 radical (unpaired) electrons. The molecule has 0 rings (SSSR count). The molecule has 2 unspecified atom stereocenters. The van der Waals surface area contributed by atoms with Crippen LogP contribution in [0.4, 0.5) is 4.79 Å². The summed E-state index contributed by atoms with van der Waals surface area (Å²) in [6.07, 6.45) is 6.10. The number of hydrogen-bond donors (Lipinski definition) is 3. The second kappa shape index (κ2) is 7.67. The van der Waals surface area contributed by atoms with Crippen molar-refractivity contribution in [1.82, 2.24) is 10.6 Å². The minimum Gasteiger partial charge on any atom is -0.481 e. The van der Waals surface area contributed by atoms with Gasteiger partial charge in [-0.05, 0) is 18.8 Å². The zero-order valence-corrected chi connectivity index (χ0v) is 12.1. The van der Waals surface area contributed by atoms with Gasteiger partial charge in [-0.25, -0.2) is 4.79 Å². The molecule has 2 amide bonds. The predicted molar refractivity (Wildman–Crippen MR) is 74.7 cm³/mol. The summed E-state index contributed by atoms with van der Waals surface area (Å²) >= 11 is 0. The maximum absolute atomic E-state index is 11.7. The summed E-state index contributed by atoms with van der Waals surface area (Å²) in [6, 6.07) is -0.904. The molecule has 19 heavy (non-hydrogen) atoms. The topological polar surface area (TPSA) is 78.4 Å². The molecule has 0 saturated heterocycles. The SMILES string of the molecule is C#CCC(C)NC(=O)NC(CC(=O)O)CC(C)(C)C. The van der Waals surface area contributed by atoms with E-state index >= 15 is 0 Å². The molecule has 0 aliphatic rings. The van der Waals surface area contributed by atoms with E-state index < -0.39 is 12.0 Å². The van der Waals surface area contributed by atoms with Crippen LogP contribution in [0, 0.1) is 17.8 Å². The molecule has 0 aliphatic heterocycles. The number of carbonyl (C=O) groups is 2. The number of urea groups is 1. The molecule has 0 aromatic carbocycles. The highest BCUT2D eigenvalue weighted by Crippen LogP contribution is 2.22. The number of carboxylic acid groups (broad SMARTS) is 1. The first kappa shape index (κ1) is 17.3. The Hall–Kier alpha value is -1.70. The van der Waals surface area contributed by atoms with E-state index in [9.17, 15) is 9.59 Å². The van der Waals surface area contributed by atoms with Crippen molar-refractivity contribution in [2.75, 3.05) is 0 Å². The first-order valence-electron chi connectivity index (χ1n) is 6.36. The second-order valence-electron chi connectivity index (χ2n) is 5.99. The van der Waals surface area contributed by atoms with Gasteiger partial charge in [0.25, 0.3) is 0 Å². The van der Waals surface area contributed by atoms with Crippen molar-refractivity contribution in [3.63, 3.8) is 0 Å². The largest absolute Gasteiger partial charge is 0.481 e. The molecular formula is C14H24N2O3. The third-order valence-electron chi connectivity index (χ3n) is 2.42. The van der Waals surface area contributed by atoms with Gasteiger partial charge in [0.2, 0.25) is 0 Å². The van der Waals surface area contributed by atoms with Crippen LogP contribution in [-0.4, -0.2) is 29.2 Å². The van der Waals surface area contributed by atoms with Gasteiger partial charge in [-0.3, -0.25) is 4.79 Å². The number of carboxylic acids is 1. The predicted octanol–water partition coefficient (Wildman–Crippen LogP) is 1.98. The molecule has 0 aromatic rings. The highest BCUT2D eigenvalue weighted by molar-refractivity contribution is 5.76. The zero-order valence-electron chi connectivity index (χ0n) is 12.1. The number of hydrogen-bond acceptors (Lipinski definition) is 2. The van der Waals surface area contributed by atoms with E-state index in [-0.39, 0.29) is 23.9 Å². The number of aliphatic carboxylic acids is 1. The minimum absolute atomic E-state index is 0.0577. The minimum atomic E-state index is -0.925. The number of rotatable bonds is 6. The Morgan fingerprint density at radius 3 is 2.32 bits per heavy atom. The first-order valence-corrected chi connectivity index (χ1v) is 6.36. The van der Waals surface area contributed by atoms with Crippen molar-refractivity contribution < 1.29 is 14.7 Å². The molecule has 0 spiro atoms. The van der Waals surface area contributed by atoms with Crippen molar-refractivity contribution in [3.8, 4) is 12.3 Å². The van der Waals surface area contributed by atoms with Gasteiger partial charge in [-0.1, -0.05) is 20.8 Å². The number of carbonyl (C=O) groups excluding carboxylic acids is 1. The number of nitrogens with one attached hydrogen (secondary N) is 2. The average Bonchev–Trinajstić information content (AvgIpc) is 2.12. The Morgan fingerprint density at radius 1 is 1.32 bits per heavy atom. The van der Waals surface area contributed by atoms with E-state index in [0.717, 1.165) is 0 Å². The third kappa shape index (κ3) is 9.95. The molecular weight excluding hydrogens is 244 g/mol. The van der Waals surface area contributed by atoms with Gasteiger partial charge in [0.15, 0.2) is 0 Å². The summed E-state index contributed by atoms with van der Waals surface area (Å²) in [7, 11) is 0. The summed E-state index contributed by atoms with van der Waals surface area (Å²) in [5.41, 5.74) is -0.0577. The highest BCUT2D eigenvalue weighted by Gasteiger charge is 2.23. The Bertz CT molecular complexity index is 353. The first-order chi connectivity index (χ1) is 8.64. The van der Waals surface area contributed by atoms with E-state index in [2.05, 4.69) is 16.6 Å². The highest BCUT2D eigenvalue weighted by atomic mass is 16.4. The Kier molecular flexibility index (Phi) is 6.99. The summed E-state index contributed by atoms with van der Waals surface area (Å²) in [4.78, 5) is 22.5. The van der Waals surface area contributed by atoms with Gasteiger partial charge in [-0.15, -0.1) is 12.3 Å². The van der Waals surface area contributed by atoms with Crippen LogP contribution in [0.15, 0.2) is 0 Å². The van der Waals surface area contributed by atoms with E-state index in [1.165, 1.54) is 0 Å². The van der Waals surface area contributed by atoms with Crippen LogP contribution in [0.2, 0.25) is 0 Å². The summed E-state index contributed by atoms with van der Waals surface area (Å²) in [6.45, 7) is 7.81. The Balaban J connectivity index is 4.43. The van der Waals surface area contributed by atoms with Crippen LogP contribution in [0.25, 0.3) is 0 Å².